The minimum Gasteiger partial charge on any atom is -0.453 e. The number of carbonyl (C=O) groups excluding carboxylic acids is 1. The van der Waals surface area contributed by atoms with Crippen molar-refractivity contribution in [3.05, 3.63) is 30.1 Å². The Labute approximate surface area is 149 Å². The van der Waals surface area contributed by atoms with Gasteiger partial charge in [-0.05, 0) is 31.9 Å². The number of benzene rings is 1. The molecule has 2 unspecified atom stereocenters. The van der Waals surface area contributed by atoms with E-state index in [1.807, 2.05) is 0 Å². The number of ether oxygens (including phenoxy) is 1. The molecule has 26 heavy (non-hydrogen) atoms. The lowest BCUT2D eigenvalue weighted by Gasteiger charge is -2.22. The van der Waals surface area contributed by atoms with Crippen LogP contribution in [0.2, 0.25) is 0 Å². The molecule has 10 heteroatoms. The van der Waals surface area contributed by atoms with Gasteiger partial charge in [-0.2, -0.15) is 13.1 Å². The second-order valence-corrected chi connectivity index (χ2v) is 8.15. The molecule has 0 aliphatic carbocycles. The number of fused-ring (bicyclic) bond motifs is 1. The van der Waals surface area contributed by atoms with Gasteiger partial charge in [0.2, 0.25) is 10.0 Å². The third kappa shape index (κ3) is 3.43. The van der Waals surface area contributed by atoms with Crippen LogP contribution in [0.1, 0.15) is 38.2 Å². The Hall–Kier alpha value is -2.07. The lowest BCUT2D eigenvalue weighted by molar-refractivity contribution is -0.153. The summed E-state index contributed by atoms with van der Waals surface area (Å²) in [4.78, 5) is 16.6. The average molecular weight is 387 g/mol. The molecule has 0 N–H and O–H groups in total. The summed E-state index contributed by atoms with van der Waals surface area (Å²) in [5, 5.41) is 0. The predicted octanol–water partition coefficient (Wildman–Crippen LogP) is 2.46. The van der Waals surface area contributed by atoms with Crippen LogP contribution < -0.4 is 0 Å². The third-order valence-corrected chi connectivity index (χ3v) is 5.67. The lowest BCUT2D eigenvalue weighted by Crippen LogP contribution is -2.41. The quantitative estimate of drug-likeness (QED) is 0.736. The van der Waals surface area contributed by atoms with Crippen molar-refractivity contribution in [2.75, 3.05) is 12.8 Å². The number of hydrogen-bond donors (Lipinski definition) is 0. The first kappa shape index (κ1) is 18.7. The topological polar surface area (TPSA) is 81.5 Å². The van der Waals surface area contributed by atoms with E-state index in [2.05, 4.69) is 4.98 Å². The molecule has 7 nitrogen and oxygen atoms in total. The minimum absolute atomic E-state index is 0.0848. The molecule has 1 aromatic heterocycles. The number of para-hydroxylation sites is 2. The Bertz CT molecular complexity index is 929. The number of imidazole rings is 1. The first-order valence-electron chi connectivity index (χ1n) is 8.12. The number of nitrogens with zero attached hydrogens (tertiary/aromatic N) is 3. The van der Waals surface area contributed by atoms with E-state index in [-0.39, 0.29) is 17.9 Å². The molecule has 142 valence electrons. The van der Waals surface area contributed by atoms with E-state index in [9.17, 15) is 22.0 Å². The molecule has 1 fully saturated rings. The van der Waals surface area contributed by atoms with Gasteiger partial charge in [0.1, 0.15) is 6.04 Å². The van der Waals surface area contributed by atoms with Crippen LogP contribution in [0.15, 0.2) is 24.3 Å². The molecule has 0 amide bonds. The van der Waals surface area contributed by atoms with Gasteiger partial charge in [0.05, 0.1) is 17.3 Å². The minimum atomic E-state index is -3.55. The monoisotopic (exact) mass is 387 g/mol. The summed E-state index contributed by atoms with van der Waals surface area (Å²) in [6.45, 7) is -1.17. The van der Waals surface area contributed by atoms with Gasteiger partial charge in [-0.1, -0.05) is 12.1 Å². The van der Waals surface area contributed by atoms with E-state index in [0.717, 1.165) is 15.1 Å². The molecule has 1 saturated heterocycles. The largest absolute Gasteiger partial charge is 0.453 e. The smallest absolute Gasteiger partial charge is 0.325 e. The zero-order chi connectivity index (χ0) is 19.1. The van der Waals surface area contributed by atoms with Crippen molar-refractivity contribution in [2.45, 2.75) is 38.5 Å². The molecule has 0 saturated carbocycles. The number of sulfonamides is 1. The maximum Gasteiger partial charge on any atom is 0.325 e. The van der Waals surface area contributed by atoms with Crippen LogP contribution in [0.3, 0.4) is 0 Å². The van der Waals surface area contributed by atoms with Crippen LogP contribution in [0, 0.1) is 0 Å². The zero-order valence-corrected chi connectivity index (χ0v) is 15.1. The molecular formula is C16H19F2N3O4S. The van der Waals surface area contributed by atoms with Crippen LogP contribution in [-0.4, -0.2) is 47.1 Å². The second-order valence-electron chi connectivity index (χ2n) is 6.22. The number of alkyl halides is 2. The number of hydrogen-bond acceptors (Lipinski definition) is 5. The second kappa shape index (κ2) is 6.92. The Balaban J connectivity index is 1.86. The van der Waals surface area contributed by atoms with Crippen molar-refractivity contribution in [2.24, 2.45) is 0 Å². The summed E-state index contributed by atoms with van der Waals surface area (Å²) in [7, 11) is -3.55. The van der Waals surface area contributed by atoms with Gasteiger partial charge in [0, 0.05) is 6.54 Å². The van der Waals surface area contributed by atoms with Gasteiger partial charge in [-0.3, -0.25) is 9.36 Å². The summed E-state index contributed by atoms with van der Waals surface area (Å²) in [5.74, 6) is -0.841. The number of rotatable bonds is 5. The standard InChI is InChI=1S/C16H19F2N3O4S/c1-10(25-15(22)13-8-5-9-20(13)26(2,23)24)14-19-11-6-3-4-7-12(11)21(14)16(17)18/h3-4,6-7,10,13,16H,5,8-9H2,1-2H3. The van der Waals surface area contributed by atoms with Crippen molar-refractivity contribution in [3.63, 3.8) is 0 Å². The van der Waals surface area contributed by atoms with E-state index >= 15 is 0 Å². The normalized spacial score (nSPS) is 20.0. The summed E-state index contributed by atoms with van der Waals surface area (Å²) in [5.41, 5.74) is 0.600. The maximum atomic E-state index is 13.5. The zero-order valence-electron chi connectivity index (χ0n) is 14.3. The Morgan fingerprint density at radius 1 is 1.35 bits per heavy atom. The van der Waals surface area contributed by atoms with Gasteiger partial charge in [-0.15, -0.1) is 0 Å². The molecular weight excluding hydrogens is 368 g/mol. The van der Waals surface area contributed by atoms with Crippen LogP contribution in [0.25, 0.3) is 11.0 Å². The third-order valence-electron chi connectivity index (χ3n) is 4.38. The van der Waals surface area contributed by atoms with Gasteiger partial charge in [0.25, 0.3) is 0 Å². The molecule has 2 atom stereocenters. The molecule has 1 aromatic carbocycles. The SMILES string of the molecule is CC(OC(=O)C1CCCN1S(C)(=O)=O)c1nc2ccccc2n1C(F)F. The van der Waals surface area contributed by atoms with Crippen molar-refractivity contribution in [1.82, 2.24) is 13.9 Å². The lowest BCUT2D eigenvalue weighted by atomic mass is 10.2. The van der Waals surface area contributed by atoms with Gasteiger partial charge in [0.15, 0.2) is 11.9 Å². The molecule has 1 aliphatic rings. The predicted molar refractivity (Wildman–Crippen MR) is 90.1 cm³/mol. The van der Waals surface area contributed by atoms with Crippen LogP contribution in [-0.2, 0) is 19.6 Å². The van der Waals surface area contributed by atoms with Crippen LogP contribution in [0.4, 0.5) is 8.78 Å². The van der Waals surface area contributed by atoms with E-state index in [1.165, 1.54) is 13.0 Å². The van der Waals surface area contributed by atoms with Crippen molar-refractivity contribution < 1.29 is 26.7 Å². The molecule has 0 radical (unpaired) electrons. The summed E-state index contributed by atoms with van der Waals surface area (Å²) < 4.78 is 57.6. The molecule has 2 heterocycles. The Morgan fingerprint density at radius 2 is 2.04 bits per heavy atom. The first-order chi connectivity index (χ1) is 12.2. The molecule has 1 aliphatic heterocycles. The van der Waals surface area contributed by atoms with Crippen molar-refractivity contribution in [1.29, 1.82) is 0 Å². The van der Waals surface area contributed by atoms with E-state index in [0.29, 0.717) is 18.4 Å². The molecule has 3 rings (SSSR count). The number of esters is 1. The Morgan fingerprint density at radius 3 is 2.69 bits per heavy atom. The van der Waals surface area contributed by atoms with E-state index in [1.54, 1.807) is 18.2 Å². The highest BCUT2D eigenvalue weighted by Crippen LogP contribution is 2.29. The highest BCUT2D eigenvalue weighted by Gasteiger charge is 2.38. The van der Waals surface area contributed by atoms with Gasteiger partial charge >= 0.3 is 12.5 Å². The first-order valence-corrected chi connectivity index (χ1v) is 9.97. The van der Waals surface area contributed by atoms with Crippen molar-refractivity contribution >= 4 is 27.0 Å². The number of halogens is 2. The highest BCUT2D eigenvalue weighted by atomic mass is 32.2. The average Bonchev–Trinajstić information content (AvgIpc) is 3.19. The summed E-state index contributed by atoms with van der Waals surface area (Å²) in [6.07, 6.45) is 0.852. The maximum absolute atomic E-state index is 13.5. The number of aromatic nitrogens is 2. The fraction of sp³-hybridized carbons (Fsp3) is 0.500. The van der Waals surface area contributed by atoms with E-state index < -0.39 is 34.7 Å². The van der Waals surface area contributed by atoms with Crippen molar-refractivity contribution in [3.8, 4) is 0 Å². The highest BCUT2D eigenvalue weighted by molar-refractivity contribution is 7.88. The molecule has 0 spiro atoms. The van der Waals surface area contributed by atoms with Gasteiger partial charge < -0.3 is 4.74 Å². The Kier molecular flexibility index (Phi) is 4.98. The van der Waals surface area contributed by atoms with Gasteiger partial charge in [-0.25, -0.2) is 13.4 Å². The fourth-order valence-corrected chi connectivity index (χ4v) is 4.35. The van der Waals surface area contributed by atoms with Crippen LogP contribution in [0.5, 0.6) is 0 Å². The summed E-state index contributed by atoms with van der Waals surface area (Å²) >= 11 is 0. The fourth-order valence-electron chi connectivity index (χ4n) is 3.23. The van der Waals surface area contributed by atoms with E-state index in [4.69, 9.17) is 4.74 Å². The summed E-state index contributed by atoms with van der Waals surface area (Å²) in [6, 6.07) is 5.46. The molecule has 2 aromatic rings. The van der Waals surface area contributed by atoms with Crippen LogP contribution >= 0.6 is 0 Å². The number of carbonyl (C=O) groups is 1. The molecule has 0 bridgehead atoms.